The van der Waals surface area contributed by atoms with Crippen molar-refractivity contribution in [2.45, 2.75) is 19.3 Å². The van der Waals surface area contributed by atoms with E-state index in [-0.39, 0.29) is 5.92 Å². The molecule has 2 heteroatoms. The quantitative estimate of drug-likeness (QED) is 0.695. The molecule has 1 atom stereocenters. The van der Waals surface area contributed by atoms with Crippen LogP contribution in [0.25, 0.3) is 0 Å². The molecule has 0 nitrogen and oxygen atoms in total. The summed E-state index contributed by atoms with van der Waals surface area (Å²) in [7, 11) is 0. The molecular weight excluding hydrogens is 187 g/mol. The maximum Gasteiger partial charge on any atom is 0.0963 e. The number of alkyl halides is 1. The third-order valence-electron chi connectivity index (χ3n) is 2.11. The summed E-state index contributed by atoms with van der Waals surface area (Å²) < 4.78 is 12.4. The largest absolute Gasteiger partial charge is 0.250 e. The second-order valence-corrected chi connectivity index (χ2v) is 3.48. The van der Waals surface area contributed by atoms with Gasteiger partial charge in [0.1, 0.15) is 0 Å². The van der Waals surface area contributed by atoms with Gasteiger partial charge in [-0.05, 0) is 36.6 Å². The van der Waals surface area contributed by atoms with Crippen molar-refractivity contribution in [2.24, 2.45) is 0 Å². The van der Waals surface area contributed by atoms with Gasteiger partial charge in [0.25, 0.3) is 0 Å². The summed E-state index contributed by atoms with van der Waals surface area (Å²) in [5, 5.41) is 0.648. The molecule has 13 heavy (non-hydrogen) atoms. The van der Waals surface area contributed by atoms with Gasteiger partial charge in [-0.15, -0.1) is 0 Å². The maximum atomic E-state index is 12.4. The van der Waals surface area contributed by atoms with Crippen LogP contribution >= 0.6 is 11.6 Å². The average molecular weight is 200 g/mol. The molecule has 0 N–H and O–H groups in total. The van der Waals surface area contributed by atoms with E-state index in [1.165, 1.54) is 0 Å². The molecule has 0 aliphatic carbocycles. The highest BCUT2D eigenvalue weighted by Gasteiger charge is 2.09. The predicted octanol–water partition coefficient (Wildman–Crippen LogP) is 3.79. The fourth-order valence-electron chi connectivity index (χ4n) is 1.35. The summed E-state index contributed by atoms with van der Waals surface area (Å²) in [5.74, 6) is -0.298. The first-order valence-corrected chi connectivity index (χ1v) is 4.74. The number of aryl methyl sites for hydroxylation is 1. The minimum atomic E-state index is -0.437. The highest BCUT2D eigenvalue weighted by atomic mass is 35.5. The first kappa shape index (κ1) is 10.5. The lowest BCUT2D eigenvalue weighted by atomic mass is 9.95. The first-order valence-electron chi connectivity index (χ1n) is 4.36. The van der Waals surface area contributed by atoms with Gasteiger partial charge >= 0.3 is 0 Å². The van der Waals surface area contributed by atoms with E-state index in [1.54, 1.807) is 6.07 Å². The van der Waals surface area contributed by atoms with Crippen LogP contribution in [-0.2, 0) is 6.42 Å². The molecule has 1 aromatic rings. The van der Waals surface area contributed by atoms with Gasteiger partial charge in [0.05, 0.1) is 6.67 Å². The third kappa shape index (κ3) is 2.44. The molecule has 0 fully saturated rings. The number of rotatable bonds is 3. The van der Waals surface area contributed by atoms with Crippen LogP contribution in [0.1, 0.15) is 24.0 Å². The van der Waals surface area contributed by atoms with E-state index in [4.69, 9.17) is 11.6 Å². The monoisotopic (exact) mass is 199 g/mol. The Kier molecular flexibility index (Phi) is 3.73. The van der Waals surface area contributed by atoms with Crippen molar-refractivity contribution in [1.29, 1.82) is 0 Å². The Labute approximate surface area is 83.7 Å². The Morgan fingerprint density at radius 1 is 1.54 bits per heavy atom. The van der Waals surface area contributed by atoms with E-state index < -0.39 is 6.67 Å². The minimum Gasteiger partial charge on any atom is -0.250 e. The van der Waals surface area contributed by atoms with Gasteiger partial charge in [-0.1, -0.05) is 24.6 Å². The molecule has 0 spiro atoms. The van der Waals surface area contributed by atoms with Crippen LogP contribution in [0.3, 0.4) is 0 Å². The number of halogens is 2. The highest BCUT2D eigenvalue weighted by molar-refractivity contribution is 6.30. The lowest BCUT2D eigenvalue weighted by molar-refractivity contribution is 0.464. The maximum absolute atomic E-state index is 12.4. The lowest BCUT2D eigenvalue weighted by Crippen LogP contribution is -2.00. The van der Waals surface area contributed by atoms with Crippen LogP contribution < -0.4 is 0 Å². The van der Waals surface area contributed by atoms with Gasteiger partial charge in [-0.2, -0.15) is 0 Å². The lowest BCUT2D eigenvalue weighted by Gasteiger charge is -2.12. The summed E-state index contributed by atoms with van der Waals surface area (Å²) in [4.78, 5) is 0. The Balaban J connectivity index is 3.07. The van der Waals surface area contributed by atoms with E-state index in [2.05, 4.69) is 6.92 Å². The smallest absolute Gasteiger partial charge is 0.0963 e. The summed E-state index contributed by atoms with van der Waals surface area (Å²) in [6, 6.07) is 5.57. The molecule has 1 aromatic carbocycles. The van der Waals surface area contributed by atoms with Crippen molar-refractivity contribution in [3.05, 3.63) is 41.3 Å². The number of benzene rings is 1. The predicted molar refractivity (Wildman–Crippen MR) is 54.9 cm³/mol. The summed E-state index contributed by atoms with van der Waals surface area (Å²) >= 11 is 5.82. The normalized spacial score (nSPS) is 12.9. The third-order valence-corrected chi connectivity index (χ3v) is 2.35. The Bertz CT molecular complexity index is 283. The molecule has 71 valence electrons. The summed E-state index contributed by atoms with van der Waals surface area (Å²) in [6.45, 7) is 5.35. The SMILES string of the molecule is [CH2]C(CF)c1cc(Cl)ccc1CC. The standard InChI is InChI=1S/C11H13ClF/c1-3-9-4-5-10(12)6-11(9)8(2)7-13/h4-6,8H,2-3,7H2,1H3. The van der Waals surface area contributed by atoms with Gasteiger partial charge in [0.2, 0.25) is 0 Å². The first-order chi connectivity index (χ1) is 6.19. The van der Waals surface area contributed by atoms with E-state index >= 15 is 0 Å². The minimum absolute atomic E-state index is 0.298. The van der Waals surface area contributed by atoms with Crippen molar-refractivity contribution in [2.75, 3.05) is 6.67 Å². The van der Waals surface area contributed by atoms with Gasteiger partial charge in [0.15, 0.2) is 0 Å². The molecule has 0 amide bonds. The van der Waals surface area contributed by atoms with Crippen molar-refractivity contribution >= 4 is 11.6 Å². The van der Waals surface area contributed by atoms with E-state index in [9.17, 15) is 4.39 Å². The number of hydrogen-bond donors (Lipinski definition) is 0. The molecule has 0 saturated heterocycles. The highest BCUT2D eigenvalue weighted by Crippen LogP contribution is 2.24. The molecule has 0 bridgehead atoms. The molecule has 1 unspecified atom stereocenters. The van der Waals surface area contributed by atoms with Crippen LogP contribution in [0.15, 0.2) is 18.2 Å². The zero-order valence-corrected chi connectivity index (χ0v) is 8.44. The second-order valence-electron chi connectivity index (χ2n) is 3.05. The van der Waals surface area contributed by atoms with Crippen LogP contribution in [0.5, 0.6) is 0 Å². The van der Waals surface area contributed by atoms with Gasteiger partial charge < -0.3 is 0 Å². The Hall–Kier alpha value is -0.560. The fourth-order valence-corrected chi connectivity index (χ4v) is 1.53. The van der Waals surface area contributed by atoms with Gasteiger partial charge in [0, 0.05) is 10.9 Å². The van der Waals surface area contributed by atoms with E-state index in [0.29, 0.717) is 5.02 Å². The molecule has 0 saturated carbocycles. The van der Waals surface area contributed by atoms with Crippen molar-refractivity contribution in [3.8, 4) is 0 Å². The zero-order valence-electron chi connectivity index (χ0n) is 7.69. The molecular formula is C11H13ClF. The van der Waals surface area contributed by atoms with E-state index in [1.807, 2.05) is 19.1 Å². The van der Waals surface area contributed by atoms with Crippen LogP contribution in [0.2, 0.25) is 5.02 Å². The van der Waals surface area contributed by atoms with Crippen LogP contribution in [0, 0.1) is 6.92 Å². The van der Waals surface area contributed by atoms with Crippen LogP contribution in [-0.4, -0.2) is 6.67 Å². The Morgan fingerprint density at radius 2 is 2.23 bits per heavy atom. The Morgan fingerprint density at radius 3 is 2.77 bits per heavy atom. The van der Waals surface area contributed by atoms with Gasteiger partial charge in [-0.3, -0.25) is 4.39 Å². The molecule has 0 aliphatic rings. The molecule has 0 heterocycles. The van der Waals surface area contributed by atoms with Crippen molar-refractivity contribution in [1.82, 2.24) is 0 Å². The fraction of sp³-hybridized carbons (Fsp3) is 0.364. The molecule has 0 aromatic heterocycles. The van der Waals surface area contributed by atoms with Crippen molar-refractivity contribution in [3.63, 3.8) is 0 Å². The second kappa shape index (κ2) is 4.61. The molecule has 1 rings (SSSR count). The van der Waals surface area contributed by atoms with E-state index in [0.717, 1.165) is 17.5 Å². The number of hydrogen-bond acceptors (Lipinski definition) is 0. The summed E-state index contributed by atoms with van der Waals surface area (Å²) in [5.41, 5.74) is 2.06. The van der Waals surface area contributed by atoms with Crippen LogP contribution in [0.4, 0.5) is 4.39 Å². The van der Waals surface area contributed by atoms with Gasteiger partial charge in [-0.25, -0.2) is 0 Å². The average Bonchev–Trinajstić information content (AvgIpc) is 2.16. The molecule has 1 radical (unpaired) electrons. The van der Waals surface area contributed by atoms with Crippen molar-refractivity contribution < 1.29 is 4.39 Å². The topological polar surface area (TPSA) is 0 Å². The zero-order chi connectivity index (χ0) is 9.84. The summed E-state index contributed by atoms with van der Waals surface area (Å²) in [6.07, 6.45) is 0.887. The molecule has 0 aliphatic heterocycles.